The minimum Gasteiger partial charge on any atom is -0.464 e. The van der Waals surface area contributed by atoms with Crippen LogP contribution in [0.25, 0.3) is 0 Å². The molecule has 4 fully saturated rings. The molecule has 0 aromatic rings. The molecule has 2 aliphatic carbocycles. The summed E-state index contributed by atoms with van der Waals surface area (Å²) < 4.78 is 20.7. The number of aliphatic hydroxyl groups is 1. The Labute approximate surface area is 325 Å². The normalized spacial score (nSPS) is 29.1. The lowest BCUT2D eigenvalue weighted by Crippen LogP contribution is -2.53. The Bertz CT molecular complexity index is 1640. The van der Waals surface area contributed by atoms with Gasteiger partial charge >= 0.3 is 24.0 Å². The third-order valence-electron chi connectivity index (χ3n) is 9.39. The number of likely N-dealkylation sites (tertiary alicyclic amines) is 1. The summed E-state index contributed by atoms with van der Waals surface area (Å²) in [5.41, 5.74) is -3.20. The summed E-state index contributed by atoms with van der Waals surface area (Å²) in [5.74, 6) is -2.99. The Hall–Kier alpha value is -5.36. The van der Waals surface area contributed by atoms with E-state index in [2.05, 4.69) is 35.7 Å². The van der Waals surface area contributed by atoms with Gasteiger partial charge in [0.15, 0.2) is 0 Å². The summed E-state index contributed by atoms with van der Waals surface area (Å²) >= 11 is 0. The maximum absolute atomic E-state index is 12.8. The number of hydrogen-bond acceptors (Lipinski definition) is 14. The molecule has 4 rings (SSSR count). The number of nitrogens with zero attached hydrogens (tertiary/aromatic N) is 2. The van der Waals surface area contributed by atoms with Crippen molar-refractivity contribution in [3.63, 3.8) is 0 Å². The molecule has 3 amide bonds. The number of β-amino-alcohol motifs (C(OH)–C–C–N with tert-alkyl or cyclic N) is 1. The van der Waals surface area contributed by atoms with Crippen LogP contribution in [0.15, 0.2) is 61.9 Å². The number of amides is 3. The Kier molecular flexibility index (Phi) is 15.3. The highest BCUT2D eigenvalue weighted by Crippen LogP contribution is 2.46. The molecule has 2 saturated heterocycles. The van der Waals surface area contributed by atoms with Crippen molar-refractivity contribution in [1.29, 1.82) is 0 Å². The summed E-state index contributed by atoms with van der Waals surface area (Å²) in [4.78, 5) is 85.3. The maximum atomic E-state index is 12.8. The van der Waals surface area contributed by atoms with Crippen LogP contribution < -0.4 is 16.0 Å². The van der Waals surface area contributed by atoms with E-state index in [1.54, 1.807) is 46.8 Å². The van der Waals surface area contributed by atoms with Gasteiger partial charge in [0, 0.05) is 49.5 Å². The number of esters is 3. The molecule has 8 atom stereocenters. The molecule has 308 valence electrons. The number of carbonyl (C=O) groups excluding carboxylic acids is 6. The number of ether oxygens (including phenoxy) is 4. The molecular formula is C38H53N5O13. The van der Waals surface area contributed by atoms with Gasteiger partial charge < -0.3 is 40.0 Å². The molecule has 0 bridgehead atoms. The second kappa shape index (κ2) is 19.0. The van der Waals surface area contributed by atoms with E-state index in [1.165, 1.54) is 11.0 Å². The van der Waals surface area contributed by atoms with Crippen LogP contribution >= 0.6 is 0 Å². The summed E-state index contributed by atoms with van der Waals surface area (Å²) in [6, 6.07) is -1.54. The molecule has 4 aliphatic rings. The molecule has 0 radical (unpaired) electrons. The lowest BCUT2D eigenvalue weighted by atomic mass is 10.1. The predicted molar refractivity (Wildman–Crippen MR) is 200 cm³/mol. The Balaban J connectivity index is 0.000000303. The number of allylic oxidation sites excluding steroid dienone is 3. The SMILES string of the molecule is C=C/C(=C\C=C\C(=O)O[C@@H]1CN[C@H](C(=O)N[C@]2(C(=O)OCC)C[C@H]2C=C)C1)[N+](=O)[O-].C=C[C@@H]1C[C@]1(NC(=O)[C@@H]1C[C@@H](O)CN1C(=O)OC(C)(C)C)C(=O)OCC. The van der Waals surface area contributed by atoms with E-state index >= 15 is 0 Å². The highest BCUT2D eigenvalue weighted by atomic mass is 16.6. The molecule has 4 N–H and O–H groups in total. The summed E-state index contributed by atoms with van der Waals surface area (Å²) in [6.07, 6.45) is 6.74. The molecule has 18 heteroatoms. The maximum Gasteiger partial charge on any atom is 0.411 e. The van der Waals surface area contributed by atoms with Gasteiger partial charge in [0.1, 0.15) is 28.8 Å². The Morgan fingerprint density at radius 1 is 0.946 bits per heavy atom. The Morgan fingerprint density at radius 2 is 1.50 bits per heavy atom. The van der Waals surface area contributed by atoms with E-state index in [0.29, 0.717) is 12.8 Å². The highest BCUT2D eigenvalue weighted by molar-refractivity contribution is 5.95. The smallest absolute Gasteiger partial charge is 0.411 e. The minimum atomic E-state index is -1.14. The third-order valence-corrected chi connectivity index (χ3v) is 9.39. The number of carbonyl (C=O) groups is 6. The Morgan fingerprint density at radius 3 is 1.96 bits per heavy atom. The standard InChI is InChI=1S/C20H25N3O7.C18H28N2O6/c1-4-13-11-20(13,19(26)29-6-3)22-18(25)16-10-15(12-21-16)30-17(24)9-7-8-14(5-2)23(27)28;1-6-11-9-18(11,15(23)25-7-2)19-14(22)13-8-12(21)10-20(13)16(24)26-17(3,4)5/h4-5,7-9,13,15-16,21H,1-2,6,10-12H2,3H3,(H,22,25);6,11-13,21H,1,7-10H2,2-5H3,(H,19,22)/b9-7+,14-8+;/t13-,15+,16+,20-;11-,12-,13+,18-/m11/s1. The van der Waals surface area contributed by atoms with Crippen molar-refractivity contribution in [3.05, 3.63) is 72.0 Å². The van der Waals surface area contributed by atoms with Gasteiger partial charge in [-0.1, -0.05) is 18.7 Å². The summed E-state index contributed by atoms with van der Waals surface area (Å²) in [5, 5.41) is 29.0. The first kappa shape index (κ1) is 45.0. The van der Waals surface area contributed by atoms with Crippen molar-refractivity contribution in [3.8, 4) is 0 Å². The van der Waals surface area contributed by atoms with E-state index in [-0.39, 0.29) is 62.6 Å². The predicted octanol–water partition coefficient (Wildman–Crippen LogP) is 1.77. The zero-order valence-corrected chi connectivity index (χ0v) is 32.4. The zero-order valence-electron chi connectivity index (χ0n) is 32.4. The van der Waals surface area contributed by atoms with Gasteiger partial charge in [0.05, 0.1) is 36.8 Å². The lowest BCUT2D eigenvalue weighted by Gasteiger charge is -2.29. The molecule has 2 heterocycles. The average Bonchev–Trinajstić information content (AvgIpc) is 3.89. The quantitative estimate of drug-likeness (QED) is 0.0352. The van der Waals surface area contributed by atoms with Gasteiger partial charge in [-0.15, -0.1) is 13.2 Å². The van der Waals surface area contributed by atoms with Gasteiger partial charge in [0.25, 0.3) is 5.70 Å². The first-order valence-corrected chi connectivity index (χ1v) is 18.3. The second-order valence-corrected chi connectivity index (χ2v) is 14.7. The fourth-order valence-electron chi connectivity index (χ4n) is 6.34. The van der Waals surface area contributed by atoms with Crippen molar-refractivity contribution in [2.45, 2.75) is 101 Å². The lowest BCUT2D eigenvalue weighted by molar-refractivity contribution is -0.418. The summed E-state index contributed by atoms with van der Waals surface area (Å²) in [7, 11) is 0. The molecule has 0 aromatic heterocycles. The van der Waals surface area contributed by atoms with E-state index in [0.717, 1.165) is 18.2 Å². The topological polar surface area (TPSA) is 242 Å². The molecule has 0 spiro atoms. The van der Waals surface area contributed by atoms with Crippen LogP contribution in [0.3, 0.4) is 0 Å². The van der Waals surface area contributed by atoms with E-state index in [9.17, 15) is 44.0 Å². The van der Waals surface area contributed by atoms with Gasteiger partial charge in [-0.05, 0) is 53.5 Å². The van der Waals surface area contributed by atoms with Crippen molar-refractivity contribution in [2.24, 2.45) is 11.8 Å². The van der Waals surface area contributed by atoms with Crippen LogP contribution in [0.5, 0.6) is 0 Å². The van der Waals surface area contributed by atoms with E-state index < -0.39 is 75.8 Å². The van der Waals surface area contributed by atoms with Crippen LogP contribution in [-0.4, -0.2) is 118 Å². The summed E-state index contributed by atoms with van der Waals surface area (Å²) in [6.45, 7) is 19.9. The average molecular weight is 788 g/mol. The molecule has 56 heavy (non-hydrogen) atoms. The second-order valence-electron chi connectivity index (χ2n) is 14.7. The molecule has 2 aliphatic heterocycles. The van der Waals surface area contributed by atoms with Crippen LogP contribution in [0.1, 0.15) is 60.3 Å². The number of nitrogens with one attached hydrogen (secondary N) is 3. The third kappa shape index (κ3) is 11.3. The number of rotatable bonds is 15. The van der Waals surface area contributed by atoms with Crippen molar-refractivity contribution < 1.29 is 57.7 Å². The zero-order chi connectivity index (χ0) is 42.0. The van der Waals surface area contributed by atoms with Crippen LogP contribution in [0.4, 0.5) is 4.79 Å². The number of hydrogen-bond donors (Lipinski definition) is 4. The van der Waals surface area contributed by atoms with Gasteiger partial charge in [-0.2, -0.15) is 0 Å². The van der Waals surface area contributed by atoms with E-state index in [1.807, 2.05) is 0 Å². The fraction of sp³-hybridized carbons (Fsp3) is 0.579. The minimum absolute atomic E-state index is 0.00426. The van der Waals surface area contributed by atoms with Crippen molar-refractivity contribution >= 4 is 35.8 Å². The fourth-order valence-corrected chi connectivity index (χ4v) is 6.34. The van der Waals surface area contributed by atoms with Crippen molar-refractivity contribution in [1.82, 2.24) is 20.9 Å². The van der Waals surface area contributed by atoms with Gasteiger partial charge in [-0.3, -0.25) is 24.6 Å². The van der Waals surface area contributed by atoms with Crippen LogP contribution in [0.2, 0.25) is 0 Å². The first-order chi connectivity index (χ1) is 26.3. The molecular weight excluding hydrogens is 734 g/mol. The molecule has 0 aromatic carbocycles. The molecule has 2 saturated carbocycles. The monoisotopic (exact) mass is 787 g/mol. The first-order valence-electron chi connectivity index (χ1n) is 18.3. The van der Waals surface area contributed by atoms with Gasteiger partial charge in [-0.25, -0.2) is 19.2 Å². The molecule has 18 nitrogen and oxygen atoms in total. The molecule has 0 unspecified atom stereocenters. The van der Waals surface area contributed by atoms with Gasteiger partial charge in [0.2, 0.25) is 11.8 Å². The van der Waals surface area contributed by atoms with Crippen LogP contribution in [0, 0.1) is 22.0 Å². The van der Waals surface area contributed by atoms with Crippen molar-refractivity contribution in [2.75, 3.05) is 26.3 Å². The van der Waals surface area contributed by atoms with Crippen LogP contribution in [-0.2, 0) is 42.9 Å². The van der Waals surface area contributed by atoms with E-state index in [4.69, 9.17) is 18.9 Å². The number of aliphatic hydroxyl groups excluding tert-OH is 1. The highest BCUT2D eigenvalue weighted by Gasteiger charge is 2.62. The largest absolute Gasteiger partial charge is 0.464 e. The number of nitro groups is 1.